The third-order valence-corrected chi connectivity index (χ3v) is 5.84. The lowest BCUT2D eigenvalue weighted by molar-refractivity contribution is 0.0913. The summed E-state index contributed by atoms with van der Waals surface area (Å²) in [5.74, 6) is 0.0979. The van der Waals surface area contributed by atoms with Crippen LogP contribution in [0.5, 0.6) is 5.75 Å². The zero-order valence-electron chi connectivity index (χ0n) is 18.1. The molecule has 1 atom stereocenters. The molecule has 33 heavy (non-hydrogen) atoms. The molecule has 0 fully saturated rings. The molecule has 164 valence electrons. The van der Waals surface area contributed by atoms with Gasteiger partial charge in [-0.2, -0.15) is 5.10 Å². The molecule has 1 aromatic heterocycles. The van der Waals surface area contributed by atoms with Crippen molar-refractivity contribution in [3.8, 4) is 17.0 Å². The van der Waals surface area contributed by atoms with Crippen LogP contribution in [-0.2, 0) is 0 Å². The Morgan fingerprint density at radius 2 is 1.76 bits per heavy atom. The van der Waals surface area contributed by atoms with E-state index >= 15 is 0 Å². The lowest BCUT2D eigenvalue weighted by atomic mass is 10.0. The number of nitrogens with zero attached hydrogens (tertiary/aromatic N) is 1. The average molecular weight is 437 g/mol. The van der Waals surface area contributed by atoms with Crippen LogP contribution in [0.4, 0.5) is 0 Å². The van der Waals surface area contributed by atoms with Gasteiger partial charge in [0.15, 0.2) is 0 Å². The van der Waals surface area contributed by atoms with E-state index < -0.39 is 6.04 Å². The van der Waals surface area contributed by atoms with E-state index in [0.717, 1.165) is 38.5 Å². The van der Waals surface area contributed by atoms with Crippen molar-refractivity contribution in [3.05, 3.63) is 96.1 Å². The molecule has 0 radical (unpaired) electrons. The number of ether oxygens (including phenoxy) is 1. The highest BCUT2D eigenvalue weighted by molar-refractivity contribution is 6.04. The fourth-order valence-corrected chi connectivity index (χ4v) is 4.10. The highest BCUT2D eigenvalue weighted by Crippen LogP contribution is 2.33. The maximum Gasteiger partial charge on any atom is 0.255 e. The predicted octanol–water partition coefficient (Wildman–Crippen LogP) is 4.86. The number of nitrogens with one attached hydrogen (secondary N) is 2. The van der Waals surface area contributed by atoms with E-state index in [9.17, 15) is 9.90 Å². The third-order valence-electron chi connectivity index (χ3n) is 5.84. The second-order valence-electron chi connectivity index (χ2n) is 7.85. The minimum Gasteiger partial charge on any atom is -0.496 e. The van der Waals surface area contributed by atoms with Crippen LogP contribution in [0.25, 0.3) is 32.9 Å². The van der Waals surface area contributed by atoms with Crippen LogP contribution in [-0.4, -0.2) is 34.9 Å². The fraction of sp³-hybridized carbons (Fsp3) is 0.111. The van der Waals surface area contributed by atoms with Crippen molar-refractivity contribution in [3.63, 3.8) is 0 Å². The topological polar surface area (TPSA) is 87.2 Å². The van der Waals surface area contributed by atoms with Gasteiger partial charge in [0.1, 0.15) is 5.75 Å². The van der Waals surface area contributed by atoms with Gasteiger partial charge in [-0.1, -0.05) is 66.7 Å². The summed E-state index contributed by atoms with van der Waals surface area (Å²) in [6, 6.07) is 26.8. The molecule has 0 saturated carbocycles. The molecular formula is C27H23N3O3. The quantitative estimate of drug-likeness (QED) is 0.354. The Hall–Kier alpha value is -4.16. The first kappa shape index (κ1) is 20.7. The van der Waals surface area contributed by atoms with Gasteiger partial charge in [-0.3, -0.25) is 9.89 Å². The molecule has 5 aromatic rings. The minimum atomic E-state index is -0.525. The first-order chi connectivity index (χ1) is 16.2. The van der Waals surface area contributed by atoms with Crippen LogP contribution in [0.15, 0.2) is 84.9 Å². The van der Waals surface area contributed by atoms with E-state index in [1.54, 1.807) is 12.1 Å². The molecule has 1 heterocycles. The number of aromatic amines is 1. The summed E-state index contributed by atoms with van der Waals surface area (Å²) in [6.45, 7) is -0.214. The van der Waals surface area contributed by atoms with Crippen molar-refractivity contribution >= 4 is 27.6 Å². The van der Waals surface area contributed by atoms with Crippen molar-refractivity contribution < 1.29 is 14.6 Å². The van der Waals surface area contributed by atoms with Gasteiger partial charge in [-0.05, 0) is 28.5 Å². The molecule has 1 amide bonds. The van der Waals surface area contributed by atoms with Gasteiger partial charge in [0.2, 0.25) is 0 Å². The number of aromatic nitrogens is 2. The molecule has 4 aromatic carbocycles. The van der Waals surface area contributed by atoms with Gasteiger partial charge in [-0.15, -0.1) is 0 Å². The van der Waals surface area contributed by atoms with Crippen LogP contribution in [0.3, 0.4) is 0 Å². The van der Waals surface area contributed by atoms with Crippen LogP contribution in [0.2, 0.25) is 0 Å². The number of H-pyrrole nitrogens is 1. The van der Waals surface area contributed by atoms with Crippen molar-refractivity contribution in [1.29, 1.82) is 0 Å². The highest BCUT2D eigenvalue weighted by atomic mass is 16.5. The summed E-state index contributed by atoms with van der Waals surface area (Å²) in [7, 11) is 1.53. The molecule has 6 nitrogen and oxygen atoms in total. The monoisotopic (exact) mass is 437 g/mol. The Labute approximate surface area is 190 Å². The van der Waals surface area contributed by atoms with Gasteiger partial charge in [-0.25, -0.2) is 0 Å². The van der Waals surface area contributed by atoms with Crippen molar-refractivity contribution in [2.75, 3.05) is 13.7 Å². The van der Waals surface area contributed by atoms with E-state index in [0.29, 0.717) is 11.3 Å². The second kappa shape index (κ2) is 8.76. The van der Waals surface area contributed by atoms with Crippen molar-refractivity contribution in [1.82, 2.24) is 15.5 Å². The SMILES string of the molecule is COc1cc2[nH]nc(-c3ccc4ccccc4c3)c2cc1C(=O)N[C@H](CO)c1ccccc1. The summed E-state index contributed by atoms with van der Waals surface area (Å²) in [5, 5.41) is 23.4. The fourth-order valence-electron chi connectivity index (χ4n) is 4.10. The van der Waals surface area contributed by atoms with Gasteiger partial charge >= 0.3 is 0 Å². The second-order valence-corrected chi connectivity index (χ2v) is 7.85. The van der Waals surface area contributed by atoms with E-state index in [1.165, 1.54) is 7.11 Å². The smallest absolute Gasteiger partial charge is 0.255 e. The number of fused-ring (bicyclic) bond motifs is 2. The minimum absolute atomic E-state index is 0.214. The number of methoxy groups -OCH3 is 1. The van der Waals surface area contributed by atoms with E-state index in [2.05, 4.69) is 39.8 Å². The number of hydrogen-bond acceptors (Lipinski definition) is 4. The first-order valence-corrected chi connectivity index (χ1v) is 10.7. The Morgan fingerprint density at radius 3 is 2.52 bits per heavy atom. The molecule has 6 heteroatoms. The van der Waals surface area contributed by atoms with Crippen molar-refractivity contribution in [2.45, 2.75) is 6.04 Å². The third kappa shape index (κ3) is 3.92. The number of benzene rings is 4. The summed E-state index contributed by atoms with van der Waals surface area (Å²) in [4.78, 5) is 13.2. The van der Waals surface area contributed by atoms with Gasteiger partial charge < -0.3 is 15.2 Å². The molecule has 0 saturated heterocycles. The number of carbonyl (C=O) groups is 1. The number of aliphatic hydroxyl groups is 1. The normalized spacial score (nSPS) is 12.1. The van der Waals surface area contributed by atoms with Crippen LogP contribution >= 0.6 is 0 Å². The van der Waals surface area contributed by atoms with E-state index in [4.69, 9.17) is 4.74 Å². The van der Waals surface area contributed by atoms with Crippen LogP contribution in [0.1, 0.15) is 22.0 Å². The average Bonchev–Trinajstić information content (AvgIpc) is 3.29. The molecule has 0 spiro atoms. The summed E-state index contributed by atoms with van der Waals surface area (Å²) in [6.07, 6.45) is 0. The molecule has 3 N–H and O–H groups in total. The Kier molecular flexibility index (Phi) is 5.50. The maximum atomic E-state index is 13.2. The Bertz CT molecular complexity index is 1440. The van der Waals surface area contributed by atoms with E-state index in [1.807, 2.05) is 48.5 Å². The number of carbonyl (C=O) groups excluding carboxylic acids is 1. The lowest BCUT2D eigenvalue weighted by Gasteiger charge is -2.18. The molecule has 5 rings (SSSR count). The lowest BCUT2D eigenvalue weighted by Crippen LogP contribution is -2.31. The number of hydrogen-bond donors (Lipinski definition) is 3. The van der Waals surface area contributed by atoms with Gasteiger partial charge in [0, 0.05) is 17.0 Å². The number of rotatable bonds is 6. The molecule has 0 aliphatic heterocycles. The zero-order valence-corrected chi connectivity index (χ0v) is 18.1. The molecule has 0 aliphatic rings. The van der Waals surface area contributed by atoms with Gasteiger partial charge in [0.05, 0.1) is 36.5 Å². The largest absolute Gasteiger partial charge is 0.496 e. The zero-order chi connectivity index (χ0) is 22.8. The van der Waals surface area contributed by atoms with E-state index in [-0.39, 0.29) is 12.5 Å². The molecule has 0 bridgehead atoms. The Balaban J connectivity index is 1.55. The summed E-state index contributed by atoms with van der Waals surface area (Å²) >= 11 is 0. The number of aliphatic hydroxyl groups excluding tert-OH is 1. The van der Waals surface area contributed by atoms with Crippen LogP contribution in [0, 0.1) is 0 Å². The molecule has 0 aliphatic carbocycles. The Morgan fingerprint density at radius 1 is 1.00 bits per heavy atom. The summed E-state index contributed by atoms with van der Waals surface area (Å²) in [5.41, 5.74) is 3.69. The maximum absolute atomic E-state index is 13.2. The summed E-state index contributed by atoms with van der Waals surface area (Å²) < 4.78 is 5.50. The standard InChI is InChI=1S/C27H23N3O3/c1-33-25-15-23-21(14-22(25)27(32)28-24(16-31)18-8-3-2-4-9-18)26(30-29-23)20-12-11-17-7-5-6-10-19(17)13-20/h2-15,24,31H,16H2,1H3,(H,28,32)(H,29,30)/t24-/m1/s1. The number of amides is 1. The molecular weight excluding hydrogens is 414 g/mol. The van der Waals surface area contributed by atoms with Crippen LogP contribution < -0.4 is 10.1 Å². The molecule has 0 unspecified atom stereocenters. The first-order valence-electron chi connectivity index (χ1n) is 10.7. The predicted molar refractivity (Wildman–Crippen MR) is 129 cm³/mol. The van der Waals surface area contributed by atoms with Crippen molar-refractivity contribution in [2.24, 2.45) is 0 Å². The van der Waals surface area contributed by atoms with Gasteiger partial charge in [0.25, 0.3) is 5.91 Å². The highest BCUT2D eigenvalue weighted by Gasteiger charge is 2.21.